The second kappa shape index (κ2) is 8.43. The lowest BCUT2D eigenvalue weighted by atomic mass is 10.2. The van der Waals surface area contributed by atoms with E-state index in [0.29, 0.717) is 19.0 Å². The van der Waals surface area contributed by atoms with Gasteiger partial charge in [0, 0.05) is 4.47 Å². The molecule has 0 bridgehead atoms. The van der Waals surface area contributed by atoms with Crippen LogP contribution < -0.4 is 14.8 Å². The van der Waals surface area contributed by atoms with Gasteiger partial charge in [-0.15, -0.1) is 0 Å². The van der Waals surface area contributed by atoms with Crippen LogP contribution in [0.5, 0.6) is 11.6 Å². The number of para-hydroxylation sites is 1. The number of nitrogens with zero attached hydrogens (tertiary/aromatic N) is 2. The summed E-state index contributed by atoms with van der Waals surface area (Å²) < 4.78 is 11.9. The summed E-state index contributed by atoms with van der Waals surface area (Å²) >= 11 is 3.40. The van der Waals surface area contributed by atoms with Crippen LogP contribution in [0.4, 0.5) is 0 Å². The van der Waals surface area contributed by atoms with Gasteiger partial charge in [0.25, 0.3) is 5.91 Å². The van der Waals surface area contributed by atoms with Crippen molar-refractivity contribution < 1.29 is 14.3 Å². The zero-order valence-corrected chi connectivity index (χ0v) is 14.9. The lowest BCUT2D eigenvalue weighted by Crippen LogP contribution is -2.32. The molecule has 0 aliphatic rings. The number of carbonyl (C=O) groups excluding carboxylic acids is 1. The number of carbonyl (C=O) groups is 1. The molecule has 25 heavy (non-hydrogen) atoms. The normalized spacial score (nSPS) is 10.4. The standard InChI is InChI=1S/C18H16BrN3O3/c19-13-6-7-16-15(10-13)18(22-12-21-16)25-11-17(23)20-8-9-24-14-4-2-1-3-5-14/h1-7,10,12H,8-9,11H2,(H,20,23). The highest BCUT2D eigenvalue weighted by molar-refractivity contribution is 9.10. The van der Waals surface area contributed by atoms with E-state index in [4.69, 9.17) is 9.47 Å². The van der Waals surface area contributed by atoms with Crippen LogP contribution in [-0.2, 0) is 4.79 Å². The van der Waals surface area contributed by atoms with Gasteiger partial charge in [0.1, 0.15) is 18.7 Å². The average molecular weight is 402 g/mol. The van der Waals surface area contributed by atoms with Gasteiger partial charge in [-0.25, -0.2) is 9.97 Å². The zero-order valence-electron chi connectivity index (χ0n) is 13.3. The van der Waals surface area contributed by atoms with Crippen molar-refractivity contribution in [1.29, 1.82) is 0 Å². The number of aromatic nitrogens is 2. The molecule has 0 saturated carbocycles. The minimum absolute atomic E-state index is 0.121. The van der Waals surface area contributed by atoms with Gasteiger partial charge in [0.15, 0.2) is 6.61 Å². The summed E-state index contributed by atoms with van der Waals surface area (Å²) in [6.07, 6.45) is 1.41. The Kier molecular flexibility index (Phi) is 5.79. The topological polar surface area (TPSA) is 73.3 Å². The molecule has 0 aliphatic heterocycles. The Morgan fingerprint density at radius 2 is 1.92 bits per heavy atom. The minimum atomic E-state index is -0.238. The molecule has 7 heteroatoms. The molecule has 1 N–H and O–H groups in total. The maximum absolute atomic E-state index is 11.9. The van der Waals surface area contributed by atoms with E-state index < -0.39 is 0 Å². The lowest BCUT2D eigenvalue weighted by Gasteiger charge is -2.09. The molecule has 0 atom stereocenters. The fourth-order valence-corrected chi connectivity index (χ4v) is 2.54. The van der Waals surface area contributed by atoms with Crippen LogP contribution in [0.15, 0.2) is 59.3 Å². The monoisotopic (exact) mass is 401 g/mol. The van der Waals surface area contributed by atoms with Crippen LogP contribution in [-0.4, -0.2) is 35.6 Å². The van der Waals surface area contributed by atoms with Gasteiger partial charge in [-0.1, -0.05) is 34.1 Å². The molecule has 0 radical (unpaired) electrons. The number of fused-ring (bicyclic) bond motifs is 1. The molecule has 1 amide bonds. The van der Waals surface area contributed by atoms with Crippen molar-refractivity contribution in [3.05, 3.63) is 59.3 Å². The van der Waals surface area contributed by atoms with E-state index in [9.17, 15) is 4.79 Å². The molecule has 0 spiro atoms. The van der Waals surface area contributed by atoms with E-state index >= 15 is 0 Å². The molecule has 2 aromatic carbocycles. The predicted octanol–water partition coefficient (Wildman–Crippen LogP) is 2.97. The SMILES string of the molecule is O=C(COc1ncnc2ccc(Br)cc12)NCCOc1ccccc1. The van der Waals surface area contributed by atoms with Crippen LogP contribution in [0, 0.1) is 0 Å². The molecular weight excluding hydrogens is 386 g/mol. The van der Waals surface area contributed by atoms with Crippen LogP contribution in [0.2, 0.25) is 0 Å². The maximum Gasteiger partial charge on any atom is 0.258 e. The fourth-order valence-electron chi connectivity index (χ4n) is 2.18. The van der Waals surface area contributed by atoms with E-state index in [-0.39, 0.29) is 12.5 Å². The smallest absolute Gasteiger partial charge is 0.258 e. The largest absolute Gasteiger partial charge is 0.492 e. The third-order valence-corrected chi connectivity index (χ3v) is 3.83. The summed E-state index contributed by atoms with van der Waals surface area (Å²) in [5, 5.41) is 3.49. The van der Waals surface area contributed by atoms with Crippen molar-refractivity contribution in [2.45, 2.75) is 0 Å². The van der Waals surface area contributed by atoms with Gasteiger partial charge >= 0.3 is 0 Å². The summed E-state index contributed by atoms with van der Waals surface area (Å²) in [5.74, 6) is 0.909. The molecule has 0 aliphatic carbocycles. The zero-order chi connectivity index (χ0) is 17.5. The van der Waals surface area contributed by atoms with E-state index in [2.05, 4.69) is 31.2 Å². The molecule has 6 nitrogen and oxygen atoms in total. The number of nitrogens with one attached hydrogen (secondary N) is 1. The number of hydrogen-bond acceptors (Lipinski definition) is 5. The Labute approximate surface area is 153 Å². The molecule has 0 unspecified atom stereocenters. The van der Waals surface area contributed by atoms with Crippen LogP contribution in [0.1, 0.15) is 0 Å². The Bertz CT molecular complexity index is 859. The number of halogens is 1. The van der Waals surface area contributed by atoms with Gasteiger partial charge in [0.05, 0.1) is 17.4 Å². The first-order chi connectivity index (χ1) is 12.2. The van der Waals surface area contributed by atoms with Crippen molar-refractivity contribution in [2.75, 3.05) is 19.8 Å². The second-order valence-electron chi connectivity index (χ2n) is 5.14. The molecule has 128 valence electrons. The van der Waals surface area contributed by atoms with Crippen LogP contribution >= 0.6 is 15.9 Å². The van der Waals surface area contributed by atoms with Gasteiger partial charge in [-0.3, -0.25) is 4.79 Å². The van der Waals surface area contributed by atoms with Crippen molar-refractivity contribution in [3.63, 3.8) is 0 Å². The first-order valence-corrected chi connectivity index (χ1v) is 8.49. The molecule has 1 aromatic heterocycles. The summed E-state index contributed by atoms with van der Waals surface area (Å²) in [6.45, 7) is 0.663. The lowest BCUT2D eigenvalue weighted by molar-refractivity contribution is -0.123. The molecular formula is C18H16BrN3O3. The summed E-state index contributed by atoms with van der Waals surface area (Å²) in [5.41, 5.74) is 0.755. The highest BCUT2D eigenvalue weighted by Gasteiger charge is 2.08. The number of benzene rings is 2. The maximum atomic E-state index is 11.9. The van der Waals surface area contributed by atoms with Gasteiger partial charge in [-0.05, 0) is 30.3 Å². The Balaban J connectivity index is 1.47. The summed E-state index contributed by atoms with van der Waals surface area (Å²) in [7, 11) is 0. The predicted molar refractivity (Wildman–Crippen MR) is 97.7 cm³/mol. The number of hydrogen-bond donors (Lipinski definition) is 1. The Hall–Kier alpha value is -2.67. The fraction of sp³-hybridized carbons (Fsp3) is 0.167. The molecule has 3 aromatic rings. The first kappa shape index (κ1) is 17.2. The van der Waals surface area contributed by atoms with E-state index in [1.54, 1.807) is 0 Å². The van der Waals surface area contributed by atoms with E-state index in [1.807, 2.05) is 48.5 Å². The molecule has 1 heterocycles. The van der Waals surface area contributed by atoms with E-state index in [1.165, 1.54) is 6.33 Å². The van der Waals surface area contributed by atoms with Crippen LogP contribution in [0.25, 0.3) is 10.9 Å². The highest BCUT2D eigenvalue weighted by Crippen LogP contribution is 2.24. The Morgan fingerprint density at radius 3 is 2.76 bits per heavy atom. The number of amides is 1. The van der Waals surface area contributed by atoms with Crippen LogP contribution in [0.3, 0.4) is 0 Å². The third-order valence-electron chi connectivity index (χ3n) is 3.34. The second-order valence-corrected chi connectivity index (χ2v) is 6.06. The Morgan fingerprint density at radius 1 is 1.08 bits per heavy atom. The van der Waals surface area contributed by atoms with Crippen molar-refractivity contribution >= 4 is 32.7 Å². The molecule has 0 saturated heterocycles. The van der Waals surface area contributed by atoms with Gasteiger partial charge < -0.3 is 14.8 Å². The van der Waals surface area contributed by atoms with Crippen molar-refractivity contribution in [1.82, 2.24) is 15.3 Å². The van der Waals surface area contributed by atoms with Gasteiger partial charge in [-0.2, -0.15) is 0 Å². The van der Waals surface area contributed by atoms with Crippen molar-refractivity contribution in [3.8, 4) is 11.6 Å². The molecule has 0 fully saturated rings. The summed E-state index contributed by atoms with van der Waals surface area (Å²) in [4.78, 5) is 20.2. The summed E-state index contributed by atoms with van der Waals surface area (Å²) in [6, 6.07) is 15.0. The average Bonchev–Trinajstić information content (AvgIpc) is 2.64. The quantitative estimate of drug-likeness (QED) is 0.616. The van der Waals surface area contributed by atoms with E-state index in [0.717, 1.165) is 21.1 Å². The minimum Gasteiger partial charge on any atom is -0.492 e. The number of ether oxygens (including phenoxy) is 2. The third kappa shape index (κ3) is 4.90. The highest BCUT2D eigenvalue weighted by atomic mass is 79.9. The number of rotatable bonds is 7. The first-order valence-electron chi connectivity index (χ1n) is 7.70. The van der Waals surface area contributed by atoms with Gasteiger partial charge in [0.2, 0.25) is 5.88 Å². The molecule has 3 rings (SSSR count). The van der Waals surface area contributed by atoms with Crippen molar-refractivity contribution in [2.24, 2.45) is 0 Å².